The number of halogens is 1. The maximum Gasteiger partial charge on any atom is 0.210 e. The second kappa shape index (κ2) is 5.66. The van der Waals surface area contributed by atoms with Gasteiger partial charge in [0.25, 0.3) is 0 Å². The summed E-state index contributed by atoms with van der Waals surface area (Å²) in [5.74, 6) is 0. The summed E-state index contributed by atoms with van der Waals surface area (Å²) in [4.78, 5) is 2.09. The van der Waals surface area contributed by atoms with E-state index < -0.39 is 0 Å². The Morgan fingerprint density at radius 2 is 1.44 bits per heavy atom. The van der Waals surface area contributed by atoms with Gasteiger partial charge < -0.3 is 21.9 Å². The highest BCUT2D eigenvalue weighted by Gasteiger charge is 2.04. The number of benzene rings is 1. The zero-order valence-electron chi connectivity index (χ0n) is 9.47. The van der Waals surface area contributed by atoms with Crippen LogP contribution < -0.4 is 26.4 Å². The first-order valence-corrected chi connectivity index (χ1v) is 5.01. The van der Waals surface area contributed by atoms with Crippen LogP contribution >= 0.6 is 0 Å². The molecule has 2 nitrogen and oxygen atoms in total. The second-order valence-corrected chi connectivity index (χ2v) is 3.69. The summed E-state index contributed by atoms with van der Waals surface area (Å²) < 4.78 is 2.10. The van der Waals surface area contributed by atoms with Crippen LogP contribution in [0.1, 0.15) is 0 Å². The Labute approximate surface area is 107 Å². The third kappa shape index (κ3) is 2.83. The molecule has 0 radical (unpaired) electrons. The van der Waals surface area contributed by atoms with Gasteiger partial charge in [0.2, 0.25) is 5.69 Å². The van der Waals surface area contributed by atoms with Gasteiger partial charge in [-0.3, -0.25) is 0 Å². The summed E-state index contributed by atoms with van der Waals surface area (Å²) in [5.41, 5.74) is 2.39. The third-order valence-corrected chi connectivity index (χ3v) is 2.38. The van der Waals surface area contributed by atoms with Gasteiger partial charge in [-0.2, -0.15) is 4.57 Å². The standard InChI is InChI=1S/C13H15N2.BrH/c1-14(2)12-8-10-15(11-9-12)13-6-4-3-5-7-13;/h3-11H,1-2H3;1H/q+1;/p-1. The summed E-state index contributed by atoms with van der Waals surface area (Å²) >= 11 is 0. The van der Waals surface area contributed by atoms with Crippen LogP contribution in [0.2, 0.25) is 0 Å². The van der Waals surface area contributed by atoms with Crippen molar-refractivity contribution in [3.8, 4) is 5.69 Å². The molecule has 1 aromatic heterocycles. The van der Waals surface area contributed by atoms with Gasteiger partial charge >= 0.3 is 0 Å². The molecule has 0 aliphatic carbocycles. The van der Waals surface area contributed by atoms with E-state index in [1.807, 2.05) is 32.3 Å². The molecule has 0 fully saturated rings. The smallest absolute Gasteiger partial charge is 0.210 e. The predicted octanol–water partition coefficient (Wildman–Crippen LogP) is -0.967. The quantitative estimate of drug-likeness (QED) is 0.642. The van der Waals surface area contributed by atoms with Crippen molar-refractivity contribution >= 4 is 5.69 Å². The number of aromatic nitrogens is 1. The van der Waals surface area contributed by atoms with Crippen LogP contribution in [-0.4, -0.2) is 14.1 Å². The third-order valence-electron chi connectivity index (χ3n) is 2.38. The highest BCUT2D eigenvalue weighted by atomic mass is 79.9. The maximum atomic E-state index is 2.10. The van der Waals surface area contributed by atoms with Crippen molar-refractivity contribution in [3.05, 3.63) is 54.9 Å². The number of anilines is 1. The lowest BCUT2D eigenvalue weighted by Gasteiger charge is -2.10. The largest absolute Gasteiger partial charge is 1.00 e. The number of nitrogens with zero attached hydrogens (tertiary/aromatic N) is 2. The summed E-state index contributed by atoms with van der Waals surface area (Å²) in [5, 5.41) is 0. The fourth-order valence-electron chi connectivity index (χ4n) is 1.49. The second-order valence-electron chi connectivity index (χ2n) is 3.69. The lowest BCUT2D eigenvalue weighted by Crippen LogP contribution is -3.00. The molecule has 2 aromatic rings. The Balaban J connectivity index is 0.00000128. The summed E-state index contributed by atoms with van der Waals surface area (Å²) in [6, 6.07) is 14.5. The molecule has 2 rings (SSSR count). The van der Waals surface area contributed by atoms with Crippen molar-refractivity contribution < 1.29 is 21.5 Å². The molecule has 0 amide bonds. The maximum absolute atomic E-state index is 2.10. The van der Waals surface area contributed by atoms with E-state index in [0.717, 1.165) is 0 Å². The van der Waals surface area contributed by atoms with E-state index in [-0.39, 0.29) is 17.0 Å². The first kappa shape index (κ1) is 12.7. The van der Waals surface area contributed by atoms with Gasteiger partial charge in [-0.1, -0.05) is 18.2 Å². The van der Waals surface area contributed by atoms with Gasteiger partial charge in [0.1, 0.15) is 0 Å². The monoisotopic (exact) mass is 278 g/mol. The van der Waals surface area contributed by atoms with Crippen LogP contribution in [0.25, 0.3) is 5.69 Å². The van der Waals surface area contributed by atoms with E-state index in [4.69, 9.17) is 0 Å². The Morgan fingerprint density at radius 3 is 1.94 bits per heavy atom. The van der Waals surface area contributed by atoms with Crippen LogP contribution in [0, 0.1) is 0 Å². The zero-order valence-corrected chi connectivity index (χ0v) is 11.1. The lowest BCUT2D eigenvalue weighted by atomic mass is 10.3. The van der Waals surface area contributed by atoms with Gasteiger partial charge in [-0.25, -0.2) is 0 Å². The van der Waals surface area contributed by atoms with Crippen molar-refractivity contribution in [3.63, 3.8) is 0 Å². The predicted molar refractivity (Wildman–Crippen MR) is 62.3 cm³/mol. The fourth-order valence-corrected chi connectivity index (χ4v) is 1.49. The van der Waals surface area contributed by atoms with Crippen LogP contribution in [0.4, 0.5) is 5.69 Å². The molecule has 0 aliphatic rings. The fraction of sp³-hybridized carbons (Fsp3) is 0.154. The Bertz CT molecular complexity index is 423. The zero-order chi connectivity index (χ0) is 10.7. The molecular formula is C13H15BrN2. The van der Waals surface area contributed by atoms with Crippen molar-refractivity contribution in [1.82, 2.24) is 0 Å². The average molecular weight is 279 g/mol. The number of para-hydroxylation sites is 1. The number of hydrogen-bond acceptors (Lipinski definition) is 1. The highest BCUT2D eigenvalue weighted by molar-refractivity contribution is 5.41. The highest BCUT2D eigenvalue weighted by Crippen LogP contribution is 2.07. The minimum atomic E-state index is 0. The summed E-state index contributed by atoms with van der Waals surface area (Å²) in [6.45, 7) is 0. The SMILES string of the molecule is CN(C)c1cc[n+](-c2ccccc2)cc1.[Br-]. The lowest BCUT2D eigenvalue weighted by molar-refractivity contribution is -0.595. The Morgan fingerprint density at radius 1 is 0.875 bits per heavy atom. The Hall–Kier alpha value is -1.35. The molecule has 0 unspecified atom stereocenters. The number of pyridine rings is 1. The van der Waals surface area contributed by atoms with Crippen LogP contribution in [-0.2, 0) is 0 Å². The molecule has 0 saturated carbocycles. The van der Waals surface area contributed by atoms with Crippen LogP contribution in [0.15, 0.2) is 54.9 Å². The van der Waals surface area contributed by atoms with Gasteiger partial charge in [0.05, 0.1) is 0 Å². The first-order chi connectivity index (χ1) is 7.27. The van der Waals surface area contributed by atoms with Crippen molar-refractivity contribution in [2.75, 3.05) is 19.0 Å². The molecule has 3 heteroatoms. The summed E-state index contributed by atoms with van der Waals surface area (Å²) in [6.07, 6.45) is 4.15. The molecule has 0 bridgehead atoms. The summed E-state index contributed by atoms with van der Waals surface area (Å²) in [7, 11) is 4.09. The van der Waals surface area contributed by atoms with Gasteiger partial charge in [0.15, 0.2) is 12.4 Å². The number of hydrogen-bond donors (Lipinski definition) is 0. The van der Waals surface area contributed by atoms with Crippen molar-refractivity contribution in [2.45, 2.75) is 0 Å². The Kier molecular flexibility index (Phi) is 4.50. The van der Waals surface area contributed by atoms with Crippen molar-refractivity contribution in [1.29, 1.82) is 0 Å². The van der Waals surface area contributed by atoms with E-state index >= 15 is 0 Å². The van der Waals surface area contributed by atoms with E-state index in [9.17, 15) is 0 Å². The van der Waals surface area contributed by atoms with Gasteiger partial charge in [-0.05, 0) is 0 Å². The molecule has 0 saturated heterocycles. The molecule has 0 N–H and O–H groups in total. The van der Waals surface area contributed by atoms with Gasteiger partial charge in [0, 0.05) is 44.0 Å². The molecule has 16 heavy (non-hydrogen) atoms. The molecular weight excluding hydrogens is 264 g/mol. The van der Waals surface area contributed by atoms with Crippen LogP contribution in [0.3, 0.4) is 0 Å². The van der Waals surface area contributed by atoms with Crippen LogP contribution in [0.5, 0.6) is 0 Å². The molecule has 1 heterocycles. The van der Waals surface area contributed by atoms with Crippen molar-refractivity contribution in [2.24, 2.45) is 0 Å². The molecule has 84 valence electrons. The topological polar surface area (TPSA) is 7.12 Å². The van der Waals surface area contributed by atoms with E-state index in [1.165, 1.54) is 11.4 Å². The average Bonchev–Trinajstić information content (AvgIpc) is 2.30. The molecule has 0 atom stereocenters. The first-order valence-electron chi connectivity index (χ1n) is 5.01. The molecule has 0 spiro atoms. The van der Waals surface area contributed by atoms with E-state index in [1.54, 1.807) is 0 Å². The van der Waals surface area contributed by atoms with Gasteiger partial charge in [-0.15, -0.1) is 0 Å². The minimum Gasteiger partial charge on any atom is -1.00 e. The molecule has 0 aliphatic heterocycles. The van der Waals surface area contributed by atoms with E-state index in [2.05, 4.69) is 46.1 Å². The van der Waals surface area contributed by atoms with E-state index in [0.29, 0.717) is 0 Å². The number of rotatable bonds is 2. The molecule has 1 aromatic carbocycles. The minimum absolute atomic E-state index is 0. The normalized spacial score (nSPS) is 9.38.